The van der Waals surface area contributed by atoms with Crippen molar-refractivity contribution in [3.05, 3.63) is 59.7 Å². The van der Waals surface area contributed by atoms with Crippen LogP contribution in [0.5, 0.6) is 0 Å². The number of nitrogens with zero attached hydrogens (tertiary/aromatic N) is 1. The second kappa shape index (κ2) is 9.40. The molecular formula is C22H29N3O4S. The summed E-state index contributed by atoms with van der Waals surface area (Å²) in [7, 11) is -3.56. The molecule has 0 saturated carbocycles. The van der Waals surface area contributed by atoms with Gasteiger partial charge in [0.25, 0.3) is 11.8 Å². The zero-order chi connectivity index (χ0) is 22.5. The molecule has 0 aliphatic heterocycles. The van der Waals surface area contributed by atoms with Crippen molar-refractivity contribution >= 4 is 27.5 Å². The number of anilines is 1. The van der Waals surface area contributed by atoms with Crippen molar-refractivity contribution in [3.63, 3.8) is 0 Å². The van der Waals surface area contributed by atoms with E-state index in [4.69, 9.17) is 0 Å². The lowest BCUT2D eigenvalue weighted by molar-refractivity contribution is 0.0919. The van der Waals surface area contributed by atoms with Gasteiger partial charge < -0.3 is 10.6 Å². The fraction of sp³-hybridized carbons (Fsp3) is 0.364. The van der Waals surface area contributed by atoms with E-state index in [1.807, 2.05) is 20.8 Å². The first-order valence-corrected chi connectivity index (χ1v) is 11.3. The monoisotopic (exact) mass is 431 g/mol. The van der Waals surface area contributed by atoms with Gasteiger partial charge in [0.1, 0.15) is 0 Å². The van der Waals surface area contributed by atoms with Crippen LogP contribution in [-0.2, 0) is 10.0 Å². The highest BCUT2D eigenvalue weighted by Crippen LogP contribution is 2.17. The number of hydrogen-bond acceptors (Lipinski definition) is 4. The van der Waals surface area contributed by atoms with Gasteiger partial charge in [-0.1, -0.05) is 13.8 Å². The first-order valence-electron chi connectivity index (χ1n) is 9.82. The van der Waals surface area contributed by atoms with Gasteiger partial charge in [-0.25, -0.2) is 8.42 Å². The molecule has 2 rings (SSSR count). The Bertz CT molecular complexity index is 988. The van der Waals surface area contributed by atoms with Crippen molar-refractivity contribution in [1.82, 2.24) is 9.62 Å². The zero-order valence-corrected chi connectivity index (χ0v) is 18.8. The van der Waals surface area contributed by atoms with Crippen molar-refractivity contribution in [1.29, 1.82) is 0 Å². The molecule has 0 fully saturated rings. The van der Waals surface area contributed by atoms with Gasteiger partial charge >= 0.3 is 0 Å². The Morgan fingerprint density at radius 2 is 1.30 bits per heavy atom. The van der Waals surface area contributed by atoms with E-state index in [0.29, 0.717) is 29.9 Å². The van der Waals surface area contributed by atoms with Crippen LogP contribution in [0.15, 0.2) is 53.4 Å². The summed E-state index contributed by atoms with van der Waals surface area (Å²) < 4.78 is 26.4. The number of amides is 2. The van der Waals surface area contributed by atoms with Gasteiger partial charge in [0, 0.05) is 35.4 Å². The third kappa shape index (κ3) is 5.90. The maximum absolute atomic E-state index is 12.5. The SMILES string of the molecule is CCN(CC)S(=O)(=O)c1ccc(C(=O)Nc2ccc(C(=O)NC(C)(C)C)cc2)cc1. The second-order valence-corrected chi connectivity index (χ2v) is 9.79. The summed E-state index contributed by atoms with van der Waals surface area (Å²) in [6, 6.07) is 12.4. The van der Waals surface area contributed by atoms with E-state index < -0.39 is 10.0 Å². The summed E-state index contributed by atoms with van der Waals surface area (Å²) >= 11 is 0. The lowest BCUT2D eigenvalue weighted by Gasteiger charge is -2.20. The minimum Gasteiger partial charge on any atom is -0.347 e. The molecule has 0 atom stereocenters. The van der Waals surface area contributed by atoms with Gasteiger partial charge in [-0.2, -0.15) is 4.31 Å². The van der Waals surface area contributed by atoms with Crippen molar-refractivity contribution in [2.75, 3.05) is 18.4 Å². The van der Waals surface area contributed by atoms with Crippen LogP contribution in [0.3, 0.4) is 0 Å². The zero-order valence-electron chi connectivity index (χ0n) is 18.0. The molecule has 0 aliphatic rings. The number of nitrogens with one attached hydrogen (secondary N) is 2. The Labute approximate surface area is 178 Å². The smallest absolute Gasteiger partial charge is 0.255 e. The van der Waals surface area contributed by atoms with E-state index >= 15 is 0 Å². The Balaban J connectivity index is 2.09. The highest BCUT2D eigenvalue weighted by atomic mass is 32.2. The summed E-state index contributed by atoms with van der Waals surface area (Å²) in [6.07, 6.45) is 0. The molecule has 0 radical (unpaired) electrons. The van der Waals surface area contributed by atoms with Crippen molar-refractivity contribution in [2.45, 2.75) is 45.1 Å². The van der Waals surface area contributed by atoms with E-state index in [-0.39, 0.29) is 22.2 Å². The maximum Gasteiger partial charge on any atom is 0.255 e. The topological polar surface area (TPSA) is 95.6 Å². The normalized spacial score (nSPS) is 11.9. The van der Waals surface area contributed by atoms with E-state index in [1.165, 1.54) is 28.6 Å². The summed E-state index contributed by atoms with van der Waals surface area (Å²) in [5, 5.41) is 5.62. The number of carbonyl (C=O) groups is 2. The van der Waals surface area contributed by atoms with Crippen LogP contribution < -0.4 is 10.6 Å². The molecule has 0 heterocycles. The molecular weight excluding hydrogens is 402 g/mol. The predicted molar refractivity (Wildman–Crippen MR) is 118 cm³/mol. The van der Waals surface area contributed by atoms with Crippen LogP contribution in [0.1, 0.15) is 55.3 Å². The molecule has 0 unspecified atom stereocenters. The molecule has 0 aromatic heterocycles. The minimum atomic E-state index is -3.56. The highest BCUT2D eigenvalue weighted by Gasteiger charge is 2.21. The second-order valence-electron chi connectivity index (χ2n) is 7.85. The summed E-state index contributed by atoms with van der Waals surface area (Å²) in [5.74, 6) is -0.556. The third-order valence-electron chi connectivity index (χ3n) is 4.35. The molecule has 8 heteroatoms. The summed E-state index contributed by atoms with van der Waals surface area (Å²) in [5.41, 5.74) is 1.03. The largest absolute Gasteiger partial charge is 0.347 e. The first-order chi connectivity index (χ1) is 14.0. The lowest BCUT2D eigenvalue weighted by atomic mass is 10.1. The highest BCUT2D eigenvalue weighted by molar-refractivity contribution is 7.89. The van der Waals surface area contributed by atoms with Gasteiger partial charge in [-0.3, -0.25) is 9.59 Å². The third-order valence-corrected chi connectivity index (χ3v) is 6.42. The van der Waals surface area contributed by atoms with Crippen molar-refractivity contribution in [2.24, 2.45) is 0 Å². The van der Waals surface area contributed by atoms with Gasteiger partial charge in [0.2, 0.25) is 10.0 Å². The van der Waals surface area contributed by atoms with Crippen LogP contribution in [0.25, 0.3) is 0 Å². The fourth-order valence-electron chi connectivity index (χ4n) is 2.81. The van der Waals surface area contributed by atoms with Crippen LogP contribution in [-0.4, -0.2) is 43.2 Å². The Morgan fingerprint density at radius 1 is 0.833 bits per heavy atom. The summed E-state index contributed by atoms with van der Waals surface area (Å²) in [4.78, 5) is 24.8. The molecule has 0 spiro atoms. The van der Waals surface area contributed by atoms with Crippen molar-refractivity contribution in [3.8, 4) is 0 Å². The Kier molecular flexibility index (Phi) is 7.39. The van der Waals surface area contributed by atoms with Crippen LogP contribution in [0.2, 0.25) is 0 Å². The van der Waals surface area contributed by atoms with Gasteiger partial charge in [-0.15, -0.1) is 0 Å². The van der Waals surface area contributed by atoms with Crippen LogP contribution in [0.4, 0.5) is 5.69 Å². The van der Waals surface area contributed by atoms with E-state index in [0.717, 1.165) is 0 Å². The number of rotatable bonds is 7. The van der Waals surface area contributed by atoms with Crippen LogP contribution >= 0.6 is 0 Å². The van der Waals surface area contributed by atoms with E-state index in [1.54, 1.807) is 38.1 Å². The molecule has 2 amide bonds. The van der Waals surface area contributed by atoms with Gasteiger partial charge in [-0.05, 0) is 69.3 Å². The standard InChI is InChI=1S/C22H29N3O4S/c1-6-25(7-2)30(28,29)19-14-10-16(11-15-19)20(26)23-18-12-8-17(9-13-18)21(27)24-22(3,4)5/h8-15H,6-7H2,1-5H3,(H,23,26)(H,24,27). The number of carbonyl (C=O) groups excluding carboxylic acids is 2. The molecule has 30 heavy (non-hydrogen) atoms. The molecule has 0 bridgehead atoms. The molecule has 0 saturated heterocycles. The molecule has 162 valence electrons. The molecule has 7 nitrogen and oxygen atoms in total. The molecule has 2 N–H and O–H groups in total. The minimum absolute atomic E-state index is 0.150. The number of sulfonamides is 1. The van der Waals surface area contributed by atoms with Gasteiger partial charge in [0.15, 0.2) is 0 Å². The fourth-order valence-corrected chi connectivity index (χ4v) is 4.27. The summed E-state index contributed by atoms with van der Waals surface area (Å²) in [6.45, 7) is 10.0. The lowest BCUT2D eigenvalue weighted by Crippen LogP contribution is -2.40. The molecule has 0 aliphatic carbocycles. The molecule has 2 aromatic rings. The first kappa shape index (κ1) is 23.6. The maximum atomic E-state index is 12.5. The van der Waals surface area contributed by atoms with E-state index in [2.05, 4.69) is 10.6 Å². The predicted octanol–water partition coefficient (Wildman–Crippen LogP) is 3.50. The van der Waals surface area contributed by atoms with Crippen LogP contribution in [0, 0.1) is 0 Å². The average Bonchev–Trinajstić information content (AvgIpc) is 2.68. The van der Waals surface area contributed by atoms with Gasteiger partial charge in [0.05, 0.1) is 4.90 Å². The average molecular weight is 432 g/mol. The Morgan fingerprint density at radius 3 is 1.77 bits per heavy atom. The number of hydrogen-bond donors (Lipinski definition) is 2. The quantitative estimate of drug-likeness (QED) is 0.701. The van der Waals surface area contributed by atoms with Crippen molar-refractivity contribution < 1.29 is 18.0 Å². The number of benzene rings is 2. The van der Waals surface area contributed by atoms with E-state index in [9.17, 15) is 18.0 Å². The Hall–Kier alpha value is -2.71. The molecule has 2 aromatic carbocycles.